The van der Waals surface area contributed by atoms with Gasteiger partial charge in [0.25, 0.3) is 5.56 Å². The van der Waals surface area contributed by atoms with Gasteiger partial charge in [-0.1, -0.05) is 23.2 Å². The van der Waals surface area contributed by atoms with E-state index in [0.717, 1.165) is 42.9 Å². The molecule has 0 unspecified atom stereocenters. The zero-order chi connectivity index (χ0) is 20.0. The first-order valence-electron chi connectivity index (χ1n) is 9.52. The molecule has 0 saturated carbocycles. The maximum absolute atomic E-state index is 12.3. The van der Waals surface area contributed by atoms with Gasteiger partial charge in [-0.2, -0.15) is 0 Å². The second kappa shape index (κ2) is 7.44. The fourth-order valence-electron chi connectivity index (χ4n) is 3.88. The summed E-state index contributed by atoms with van der Waals surface area (Å²) in [5, 5.41) is 1.70. The molecule has 3 heterocycles. The molecule has 148 valence electrons. The van der Waals surface area contributed by atoms with Gasteiger partial charge in [0.05, 0.1) is 17.4 Å². The summed E-state index contributed by atoms with van der Waals surface area (Å²) in [5.74, 6) is 1.72. The first kappa shape index (κ1) is 18.6. The van der Waals surface area contributed by atoms with Crippen molar-refractivity contribution in [3.63, 3.8) is 0 Å². The number of aromatic amines is 1. The Morgan fingerprint density at radius 3 is 2.62 bits per heavy atom. The van der Waals surface area contributed by atoms with E-state index in [1.54, 1.807) is 18.2 Å². The summed E-state index contributed by atoms with van der Waals surface area (Å²) in [7, 11) is 0. The van der Waals surface area contributed by atoms with Crippen molar-refractivity contribution in [2.45, 2.75) is 25.3 Å². The maximum Gasteiger partial charge on any atom is 0.258 e. The van der Waals surface area contributed by atoms with Gasteiger partial charge >= 0.3 is 0 Å². The minimum absolute atomic E-state index is 0.160. The van der Waals surface area contributed by atoms with E-state index in [0.29, 0.717) is 33.3 Å². The largest absolute Gasteiger partial charge is 0.440 e. The van der Waals surface area contributed by atoms with Crippen LogP contribution in [0.15, 0.2) is 45.6 Å². The average Bonchev–Trinajstić information content (AvgIpc) is 3.12. The number of hydrogen-bond acceptors (Lipinski definition) is 5. The van der Waals surface area contributed by atoms with Gasteiger partial charge in [0.2, 0.25) is 0 Å². The highest BCUT2D eigenvalue weighted by molar-refractivity contribution is 6.31. The van der Waals surface area contributed by atoms with Crippen LogP contribution in [0.5, 0.6) is 0 Å². The molecule has 1 saturated heterocycles. The second-order valence-corrected chi connectivity index (χ2v) is 8.26. The van der Waals surface area contributed by atoms with E-state index in [9.17, 15) is 4.79 Å². The van der Waals surface area contributed by atoms with Gasteiger partial charge < -0.3 is 9.40 Å². The highest BCUT2D eigenvalue weighted by atomic mass is 35.5. The molecule has 1 N–H and O–H groups in total. The lowest BCUT2D eigenvalue weighted by molar-refractivity contribution is 0.190. The van der Waals surface area contributed by atoms with Crippen molar-refractivity contribution in [2.75, 3.05) is 13.1 Å². The van der Waals surface area contributed by atoms with Gasteiger partial charge in [-0.05, 0) is 62.3 Å². The summed E-state index contributed by atoms with van der Waals surface area (Å²) in [4.78, 5) is 26.7. The van der Waals surface area contributed by atoms with E-state index in [1.165, 1.54) is 0 Å². The average molecular weight is 429 g/mol. The summed E-state index contributed by atoms with van der Waals surface area (Å²) in [6, 6.07) is 10.7. The molecule has 0 spiro atoms. The van der Waals surface area contributed by atoms with Crippen molar-refractivity contribution in [2.24, 2.45) is 0 Å². The van der Waals surface area contributed by atoms with E-state index in [-0.39, 0.29) is 11.5 Å². The molecule has 0 aliphatic carbocycles. The first-order valence-corrected chi connectivity index (χ1v) is 10.3. The molecule has 0 bridgehead atoms. The Kier molecular flexibility index (Phi) is 4.78. The fourth-order valence-corrected chi connectivity index (χ4v) is 4.22. The number of nitrogens with one attached hydrogen (secondary N) is 1. The maximum atomic E-state index is 12.3. The van der Waals surface area contributed by atoms with E-state index >= 15 is 0 Å². The zero-order valence-corrected chi connectivity index (χ0v) is 17.0. The van der Waals surface area contributed by atoms with E-state index in [1.807, 2.05) is 18.2 Å². The van der Waals surface area contributed by atoms with Crippen LogP contribution < -0.4 is 5.56 Å². The molecule has 4 aromatic rings. The van der Waals surface area contributed by atoms with Crippen molar-refractivity contribution in [3.8, 4) is 0 Å². The van der Waals surface area contributed by atoms with E-state index in [2.05, 4.69) is 19.9 Å². The molecular weight excluding hydrogens is 411 g/mol. The van der Waals surface area contributed by atoms with Gasteiger partial charge in [0.15, 0.2) is 11.5 Å². The smallest absolute Gasteiger partial charge is 0.258 e. The van der Waals surface area contributed by atoms with Crippen molar-refractivity contribution in [1.29, 1.82) is 0 Å². The van der Waals surface area contributed by atoms with Crippen LogP contribution in [0, 0.1) is 0 Å². The van der Waals surface area contributed by atoms with Crippen LogP contribution in [0.25, 0.3) is 22.0 Å². The normalized spacial score (nSPS) is 16.1. The number of likely N-dealkylation sites (tertiary alicyclic amines) is 1. The minimum atomic E-state index is -0.160. The molecule has 0 radical (unpaired) electrons. The number of piperidine rings is 1. The third-order valence-corrected chi connectivity index (χ3v) is 5.86. The SMILES string of the molecule is O=c1[nH]c(CN2CCC(c3nc4cc(Cl)ccc4o3)CC2)nc2ccc(Cl)cc12. The fraction of sp³-hybridized carbons (Fsp3) is 0.286. The Hall–Kier alpha value is -2.41. The number of fused-ring (bicyclic) bond motifs is 2. The Balaban J connectivity index is 1.28. The second-order valence-electron chi connectivity index (χ2n) is 7.39. The van der Waals surface area contributed by atoms with Gasteiger partial charge in [0.1, 0.15) is 11.3 Å². The van der Waals surface area contributed by atoms with E-state index < -0.39 is 0 Å². The molecule has 2 aromatic carbocycles. The summed E-state index contributed by atoms with van der Waals surface area (Å²) in [6.07, 6.45) is 1.88. The minimum Gasteiger partial charge on any atom is -0.440 e. The molecule has 5 rings (SSSR count). The van der Waals surface area contributed by atoms with Crippen LogP contribution in [0.4, 0.5) is 0 Å². The predicted octanol–water partition coefficient (Wildman–Crippen LogP) is 4.75. The van der Waals surface area contributed by atoms with Crippen LogP contribution in [0.3, 0.4) is 0 Å². The molecule has 1 aliphatic rings. The highest BCUT2D eigenvalue weighted by Gasteiger charge is 2.25. The number of hydrogen-bond donors (Lipinski definition) is 1. The molecule has 1 aliphatic heterocycles. The number of nitrogens with zero attached hydrogens (tertiary/aromatic N) is 3. The van der Waals surface area contributed by atoms with Crippen molar-refractivity contribution in [3.05, 3.63) is 68.5 Å². The van der Waals surface area contributed by atoms with Crippen LogP contribution >= 0.6 is 23.2 Å². The molecule has 8 heteroatoms. The Morgan fingerprint density at radius 2 is 1.79 bits per heavy atom. The Labute approximate surface area is 176 Å². The van der Waals surface area contributed by atoms with E-state index in [4.69, 9.17) is 27.6 Å². The topological polar surface area (TPSA) is 75.0 Å². The van der Waals surface area contributed by atoms with Gasteiger partial charge in [-0.15, -0.1) is 0 Å². The molecule has 0 amide bonds. The molecule has 0 atom stereocenters. The molecule has 29 heavy (non-hydrogen) atoms. The third-order valence-electron chi connectivity index (χ3n) is 5.39. The summed E-state index contributed by atoms with van der Waals surface area (Å²) < 4.78 is 5.93. The Bertz CT molecular complexity index is 1260. The highest BCUT2D eigenvalue weighted by Crippen LogP contribution is 2.31. The number of halogens is 2. The van der Waals surface area contributed by atoms with Crippen molar-refractivity contribution < 1.29 is 4.42 Å². The van der Waals surface area contributed by atoms with Crippen LogP contribution in [0.2, 0.25) is 10.0 Å². The van der Waals surface area contributed by atoms with Gasteiger partial charge in [0, 0.05) is 16.0 Å². The predicted molar refractivity (Wildman–Crippen MR) is 114 cm³/mol. The number of oxazole rings is 1. The van der Waals surface area contributed by atoms with Crippen LogP contribution in [-0.2, 0) is 6.54 Å². The summed E-state index contributed by atoms with van der Waals surface area (Å²) in [5.41, 5.74) is 2.07. The van der Waals surface area contributed by atoms with Crippen LogP contribution in [0.1, 0.15) is 30.5 Å². The lowest BCUT2D eigenvalue weighted by Crippen LogP contribution is -2.33. The van der Waals surface area contributed by atoms with Crippen molar-refractivity contribution >= 4 is 45.2 Å². The quantitative estimate of drug-likeness (QED) is 0.509. The summed E-state index contributed by atoms with van der Waals surface area (Å²) in [6.45, 7) is 2.36. The van der Waals surface area contributed by atoms with Crippen LogP contribution in [-0.4, -0.2) is 32.9 Å². The number of benzene rings is 2. The lowest BCUT2D eigenvalue weighted by atomic mass is 9.97. The molecular formula is C21H18Cl2N4O2. The molecule has 2 aromatic heterocycles. The number of aromatic nitrogens is 3. The standard InChI is InChI=1S/C21H18Cl2N4O2/c22-13-1-3-16-15(9-13)20(28)26-19(24-16)11-27-7-5-12(6-8-27)21-25-17-10-14(23)2-4-18(17)29-21/h1-4,9-10,12H,5-8,11H2,(H,24,26,28). The monoisotopic (exact) mass is 428 g/mol. The third kappa shape index (κ3) is 3.75. The number of rotatable bonds is 3. The Morgan fingerprint density at radius 1 is 1.03 bits per heavy atom. The number of H-pyrrole nitrogens is 1. The molecule has 6 nitrogen and oxygen atoms in total. The zero-order valence-electron chi connectivity index (χ0n) is 15.5. The van der Waals surface area contributed by atoms with Gasteiger partial charge in [-0.3, -0.25) is 9.69 Å². The summed E-state index contributed by atoms with van der Waals surface area (Å²) >= 11 is 12.0. The lowest BCUT2D eigenvalue weighted by Gasteiger charge is -2.30. The van der Waals surface area contributed by atoms with Gasteiger partial charge in [-0.25, -0.2) is 9.97 Å². The molecule has 1 fully saturated rings. The van der Waals surface area contributed by atoms with Crippen molar-refractivity contribution in [1.82, 2.24) is 19.9 Å². The first-order chi connectivity index (χ1) is 14.0.